The Morgan fingerprint density at radius 2 is 1.70 bits per heavy atom. The quantitative estimate of drug-likeness (QED) is 0.342. The van der Waals surface area contributed by atoms with Crippen molar-refractivity contribution in [1.29, 1.82) is 5.41 Å². The summed E-state index contributed by atoms with van der Waals surface area (Å²) in [4.78, 5) is 0. The van der Waals surface area contributed by atoms with Crippen LogP contribution >= 0.6 is 12.2 Å². The Balaban J connectivity index is 0.000000236. The first-order valence-corrected chi connectivity index (χ1v) is 4.27. The standard InChI is InChI=1S/C6H5.CHNS.Na/c1-2-4-6-5-3-1;2-1-3;/h1-5H;2H;. The second kappa shape index (κ2) is 7.13. The number of rotatable bonds is 0. The molecule has 0 aromatic heterocycles. The van der Waals surface area contributed by atoms with E-state index in [2.05, 4.69) is 36.5 Å². The predicted molar refractivity (Wildman–Crippen MR) is 47.1 cm³/mol. The monoisotopic (exact) mass is 159 g/mol. The first kappa shape index (κ1) is 10.0. The van der Waals surface area contributed by atoms with Gasteiger partial charge in [0.05, 0.1) is 5.16 Å². The van der Waals surface area contributed by atoms with Crippen LogP contribution in [0.1, 0.15) is 0 Å². The normalized spacial score (nSPS) is 7.00. The van der Waals surface area contributed by atoms with Crippen LogP contribution in [0.3, 0.4) is 0 Å². The Bertz CT molecular complexity index is 204. The summed E-state index contributed by atoms with van der Waals surface area (Å²) in [6.45, 7) is 0. The van der Waals surface area contributed by atoms with Gasteiger partial charge in [0.2, 0.25) is 0 Å². The van der Waals surface area contributed by atoms with Gasteiger partial charge in [-0.1, -0.05) is 0 Å². The van der Waals surface area contributed by atoms with E-state index in [9.17, 15) is 0 Å². The molecule has 0 aliphatic carbocycles. The zero-order valence-corrected chi connectivity index (χ0v) is 8.61. The van der Waals surface area contributed by atoms with Crippen molar-refractivity contribution in [3.05, 3.63) is 30.3 Å². The Morgan fingerprint density at radius 3 is 1.90 bits per heavy atom. The Hall–Kier alpha value is 0.0200. The van der Waals surface area contributed by atoms with Crippen LogP contribution in [0.4, 0.5) is 0 Å². The Labute approximate surface area is 83.4 Å². The van der Waals surface area contributed by atoms with Crippen LogP contribution in [0.25, 0.3) is 0 Å². The van der Waals surface area contributed by atoms with Gasteiger partial charge in [-0.05, 0) is 12.2 Å². The molecule has 0 heterocycles. The van der Waals surface area contributed by atoms with E-state index in [1.54, 1.807) is 5.16 Å². The molecule has 0 atom stereocenters. The maximum atomic E-state index is 5.77. The summed E-state index contributed by atoms with van der Waals surface area (Å²) < 4.78 is 1.46. The van der Waals surface area contributed by atoms with E-state index in [-0.39, 0.29) is 0 Å². The molecular formula is C7H6NNaS. The number of thiocarbonyl (C=S) groups is 1. The second-order valence-corrected chi connectivity index (χ2v) is 3.12. The molecule has 1 N–H and O–H groups in total. The molecule has 0 spiro atoms. The number of isothiocyanates is 1. The molecule has 1 rings (SSSR count). The zero-order chi connectivity index (χ0) is 7.82. The molecule has 0 unspecified atom stereocenters. The van der Waals surface area contributed by atoms with Crippen molar-refractivity contribution in [1.82, 2.24) is 0 Å². The Morgan fingerprint density at radius 1 is 1.30 bits per heavy atom. The van der Waals surface area contributed by atoms with Crippen molar-refractivity contribution < 1.29 is 0 Å². The average Bonchev–Trinajstić information content (AvgIpc) is 1.91. The number of benzene rings is 1. The zero-order valence-electron chi connectivity index (χ0n) is 5.79. The van der Waals surface area contributed by atoms with E-state index in [0.717, 1.165) is 0 Å². The summed E-state index contributed by atoms with van der Waals surface area (Å²) in [5.74, 6) is 0. The first-order chi connectivity index (χ1) is 4.81. The van der Waals surface area contributed by atoms with Gasteiger partial charge in [-0.2, -0.15) is 0 Å². The van der Waals surface area contributed by atoms with Gasteiger partial charge in [-0.3, -0.25) is 0 Å². The third kappa shape index (κ3) is 6.14. The topological polar surface area (TPSA) is 23.9 Å². The van der Waals surface area contributed by atoms with Gasteiger partial charge in [-0.25, -0.2) is 5.41 Å². The van der Waals surface area contributed by atoms with Gasteiger partial charge in [0, 0.05) is 0 Å². The van der Waals surface area contributed by atoms with Crippen molar-refractivity contribution in [2.75, 3.05) is 0 Å². The fourth-order valence-electron chi connectivity index (χ4n) is 0.534. The van der Waals surface area contributed by atoms with Crippen LogP contribution in [0.5, 0.6) is 0 Å². The number of nitrogens with one attached hydrogen (secondary N) is 1. The van der Waals surface area contributed by atoms with E-state index in [0.29, 0.717) is 0 Å². The predicted octanol–water partition coefficient (Wildman–Crippen LogP) is 1.15. The van der Waals surface area contributed by atoms with E-state index in [1.807, 2.05) is 6.07 Å². The van der Waals surface area contributed by atoms with Crippen molar-refractivity contribution in [2.24, 2.45) is 0 Å². The van der Waals surface area contributed by atoms with Gasteiger partial charge in [0.1, 0.15) is 0 Å². The van der Waals surface area contributed by atoms with E-state index in [4.69, 9.17) is 5.41 Å². The summed E-state index contributed by atoms with van der Waals surface area (Å²) in [7, 11) is 0. The van der Waals surface area contributed by atoms with Crippen LogP contribution in [-0.4, -0.2) is 33.1 Å². The summed E-state index contributed by atoms with van der Waals surface area (Å²) in [5, 5.41) is 7.36. The molecule has 46 valence electrons. The van der Waals surface area contributed by atoms with Crippen LogP contribution < -0.4 is 2.81 Å². The van der Waals surface area contributed by atoms with Gasteiger partial charge in [0.15, 0.2) is 0 Å². The van der Waals surface area contributed by atoms with E-state index < -0.39 is 0 Å². The molecule has 0 saturated carbocycles. The summed E-state index contributed by atoms with van der Waals surface area (Å²) in [6.07, 6.45) is 0. The van der Waals surface area contributed by atoms with Gasteiger partial charge < -0.3 is 0 Å². The van der Waals surface area contributed by atoms with Crippen molar-refractivity contribution in [3.8, 4) is 0 Å². The SMILES string of the molecule is N=C=S.[Na][c]1ccccc1. The molecule has 0 aliphatic rings. The molecule has 1 nitrogen and oxygen atoms in total. The third-order valence-electron chi connectivity index (χ3n) is 0.940. The molecule has 0 saturated heterocycles. The molecule has 0 bridgehead atoms. The fourth-order valence-corrected chi connectivity index (χ4v) is 0.919. The minimum atomic E-state index is 1.17. The second-order valence-electron chi connectivity index (χ2n) is 1.76. The van der Waals surface area contributed by atoms with E-state index >= 15 is 0 Å². The van der Waals surface area contributed by atoms with Crippen LogP contribution in [0.2, 0.25) is 0 Å². The molecule has 1 aromatic rings. The number of hydrogen-bond acceptors (Lipinski definition) is 2. The Kier molecular flexibility index (Phi) is 7.15. The molecule has 3 heteroatoms. The molecule has 0 aliphatic heterocycles. The molecule has 10 heavy (non-hydrogen) atoms. The van der Waals surface area contributed by atoms with Crippen LogP contribution in [0.15, 0.2) is 30.3 Å². The van der Waals surface area contributed by atoms with Crippen LogP contribution in [0, 0.1) is 5.41 Å². The van der Waals surface area contributed by atoms with E-state index in [1.165, 1.54) is 30.7 Å². The van der Waals surface area contributed by atoms with Crippen LogP contribution in [-0.2, 0) is 0 Å². The van der Waals surface area contributed by atoms with Gasteiger partial charge in [-0.15, -0.1) is 0 Å². The summed E-state index contributed by atoms with van der Waals surface area (Å²) >= 11 is 4.98. The van der Waals surface area contributed by atoms with Crippen molar-refractivity contribution in [2.45, 2.75) is 0 Å². The maximum absolute atomic E-state index is 5.77. The average molecular weight is 159 g/mol. The molecular weight excluding hydrogens is 153 g/mol. The van der Waals surface area contributed by atoms with Gasteiger partial charge in [0.25, 0.3) is 0 Å². The first-order valence-electron chi connectivity index (χ1n) is 2.86. The van der Waals surface area contributed by atoms with Gasteiger partial charge >= 0.3 is 61.1 Å². The summed E-state index contributed by atoms with van der Waals surface area (Å²) in [6, 6.07) is 10.5. The molecule has 0 radical (unpaired) electrons. The van der Waals surface area contributed by atoms with Crippen molar-refractivity contribution in [3.63, 3.8) is 0 Å². The molecule has 0 amide bonds. The number of hydrogen-bond donors (Lipinski definition) is 1. The molecule has 1 aromatic carbocycles. The van der Waals surface area contributed by atoms with Crippen molar-refractivity contribution >= 4 is 48.1 Å². The minimum absolute atomic E-state index is 1.17. The fraction of sp³-hybridized carbons (Fsp3) is 0. The third-order valence-corrected chi connectivity index (χ3v) is 1.61. The molecule has 0 fully saturated rings. The summed E-state index contributed by atoms with van der Waals surface area (Å²) in [5.41, 5.74) is 0.